The van der Waals surface area contributed by atoms with Crippen LogP contribution in [0.1, 0.15) is 237 Å². The Bertz CT molecular complexity index is 1880. The average Bonchev–Trinajstić information content (AvgIpc) is 3.13. The van der Waals surface area contributed by atoms with E-state index in [1.807, 2.05) is 0 Å². The van der Waals surface area contributed by atoms with Crippen LogP contribution < -0.4 is 0 Å². The zero-order valence-corrected chi connectivity index (χ0v) is 52.1. The lowest BCUT2D eigenvalue weighted by atomic mass is 9.85. The largest absolute Gasteiger partial charge is 0.371 e. The normalized spacial score (nSPS) is 13.7. The molecule has 69 heavy (non-hydrogen) atoms. The van der Waals surface area contributed by atoms with E-state index < -0.39 is 0 Å². The van der Waals surface area contributed by atoms with Crippen molar-refractivity contribution in [1.82, 2.24) is 0 Å². The summed E-state index contributed by atoms with van der Waals surface area (Å²) in [6.45, 7) is 61.5. The monoisotopic (exact) mass is 1060 g/mol. The molecule has 0 aliphatic rings. The van der Waals surface area contributed by atoms with Gasteiger partial charge in [0, 0.05) is 14.3 Å². The van der Waals surface area contributed by atoms with Crippen LogP contribution in [0, 0.1) is 0 Å². The molecule has 0 saturated carbocycles. The second-order valence-corrected chi connectivity index (χ2v) is 30.6. The molecule has 0 fully saturated rings. The molecule has 0 unspecified atom stereocenters. The summed E-state index contributed by atoms with van der Waals surface area (Å²) in [6.07, 6.45) is 0. The Morgan fingerprint density at radius 1 is 0.290 bits per heavy atom. The standard InChI is InChI=1S/C40H66O4S2.C20H33BrO2/c1-35(2,3)31-19-27(23-41-37(7,8)9)33(28(20-31)24-42-38(10,11)12)45-46-34-29(25-43-39(13,14)15)21-32(36(4,5)6)22-30(34)26-44-40(16,17)18;1-18(2,3)16-10-14(12-22-19(4,5)6)17(21)15(11-16)13-23-20(7,8)9/h19-22H,23-26H2,1-18H3;10-11H,12-13H2,1-9H3. The third-order valence-corrected chi connectivity index (χ3v) is 14.2. The zero-order valence-electron chi connectivity index (χ0n) is 48.9. The molecule has 3 aromatic rings. The SMILES string of the molecule is CC(C)(C)OCc1cc(C(C)(C)C)cc(COC(C)(C)C)c1Br.CC(C)(C)OCc1cc(C(C)(C)C)cc(COC(C)(C)C)c1SSc1c(COC(C)(C)C)cc(C(C)(C)C)cc1COC(C)(C)C. The second-order valence-electron chi connectivity index (χ2n) is 27.7. The Labute approximate surface area is 440 Å². The minimum absolute atomic E-state index is 0.0129. The van der Waals surface area contributed by atoms with Crippen LogP contribution in [-0.2, 0) is 84.3 Å². The highest BCUT2D eigenvalue weighted by molar-refractivity contribution is 9.10. The van der Waals surface area contributed by atoms with E-state index in [4.69, 9.17) is 28.4 Å². The highest BCUT2D eigenvalue weighted by Gasteiger charge is 2.27. The maximum Gasteiger partial charge on any atom is 0.0735 e. The van der Waals surface area contributed by atoms with Gasteiger partial charge in [-0.2, -0.15) is 0 Å². The van der Waals surface area contributed by atoms with Gasteiger partial charge in [-0.25, -0.2) is 0 Å². The van der Waals surface area contributed by atoms with Crippen LogP contribution in [-0.4, -0.2) is 33.6 Å². The Morgan fingerprint density at radius 3 is 0.609 bits per heavy atom. The molecule has 0 N–H and O–H groups in total. The fourth-order valence-electron chi connectivity index (χ4n) is 6.26. The van der Waals surface area contributed by atoms with E-state index in [1.165, 1.54) is 59.9 Å². The van der Waals surface area contributed by atoms with Gasteiger partial charge >= 0.3 is 0 Å². The van der Waals surface area contributed by atoms with Crippen molar-refractivity contribution in [3.8, 4) is 0 Å². The van der Waals surface area contributed by atoms with Crippen LogP contribution in [0.2, 0.25) is 0 Å². The molecule has 394 valence electrons. The van der Waals surface area contributed by atoms with Crippen molar-refractivity contribution in [2.24, 2.45) is 0 Å². The molecule has 0 aromatic heterocycles. The number of ether oxygens (including phenoxy) is 6. The lowest BCUT2D eigenvalue weighted by Crippen LogP contribution is -2.21. The van der Waals surface area contributed by atoms with Crippen LogP contribution >= 0.6 is 37.5 Å². The summed E-state index contributed by atoms with van der Waals surface area (Å²) < 4.78 is 38.8. The third-order valence-electron chi connectivity index (χ3n) is 10.5. The molecule has 3 aromatic carbocycles. The number of halogens is 1. The van der Waals surface area contributed by atoms with Gasteiger partial charge in [-0.15, -0.1) is 0 Å². The van der Waals surface area contributed by atoms with Gasteiger partial charge in [0.15, 0.2) is 0 Å². The van der Waals surface area contributed by atoms with Crippen LogP contribution in [0.5, 0.6) is 0 Å². The van der Waals surface area contributed by atoms with Gasteiger partial charge in [0.1, 0.15) is 0 Å². The summed E-state index contributed by atoms with van der Waals surface area (Å²) in [5.41, 5.74) is 9.74. The number of benzene rings is 3. The summed E-state index contributed by atoms with van der Waals surface area (Å²) >= 11 is 3.76. The summed E-state index contributed by atoms with van der Waals surface area (Å²) in [5, 5.41) is 0. The van der Waals surface area contributed by atoms with Crippen molar-refractivity contribution >= 4 is 37.5 Å². The van der Waals surface area contributed by atoms with E-state index in [0.717, 1.165) is 4.47 Å². The van der Waals surface area contributed by atoms with E-state index in [2.05, 4.69) is 239 Å². The molecular weight excluding hydrogens is 961 g/mol. The maximum atomic E-state index is 6.43. The number of hydrogen-bond donors (Lipinski definition) is 0. The van der Waals surface area contributed by atoms with Gasteiger partial charge in [-0.05, 0) is 191 Å². The first kappa shape index (κ1) is 63.7. The summed E-state index contributed by atoms with van der Waals surface area (Å²) in [6, 6.07) is 13.8. The Hall–Kier alpha value is -1.40. The lowest BCUT2D eigenvalue weighted by Gasteiger charge is -2.28. The van der Waals surface area contributed by atoms with Gasteiger partial charge in [-0.1, -0.05) is 136 Å². The molecule has 0 amide bonds. The molecule has 9 heteroatoms. The molecular formula is C60H99BrO6S2. The predicted molar refractivity (Wildman–Crippen MR) is 302 cm³/mol. The first-order chi connectivity index (χ1) is 30.7. The van der Waals surface area contributed by atoms with Crippen LogP contribution in [0.25, 0.3) is 0 Å². The van der Waals surface area contributed by atoms with E-state index >= 15 is 0 Å². The Morgan fingerprint density at radius 2 is 0.449 bits per heavy atom. The topological polar surface area (TPSA) is 55.4 Å². The average molecular weight is 1060 g/mol. The van der Waals surface area contributed by atoms with Crippen molar-refractivity contribution in [1.29, 1.82) is 0 Å². The fourth-order valence-corrected chi connectivity index (χ4v) is 9.57. The molecule has 0 saturated heterocycles. The zero-order chi connectivity index (χ0) is 53.6. The fraction of sp³-hybridized carbons (Fsp3) is 0.700. The van der Waals surface area contributed by atoms with Crippen molar-refractivity contribution in [2.45, 2.75) is 286 Å². The quantitative estimate of drug-likeness (QED) is 0.140. The summed E-state index contributed by atoms with van der Waals surface area (Å²) in [4.78, 5) is 2.41. The van der Waals surface area contributed by atoms with Crippen LogP contribution in [0.3, 0.4) is 0 Å². The van der Waals surface area contributed by atoms with Crippen LogP contribution in [0.4, 0.5) is 0 Å². The number of hydrogen-bond acceptors (Lipinski definition) is 8. The molecule has 0 heterocycles. The van der Waals surface area contributed by atoms with Crippen molar-refractivity contribution in [2.75, 3.05) is 0 Å². The Balaban J connectivity index is 0.000000593. The van der Waals surface area contributed by atoms with Gasteiger partial charge in [-0.3, -0.25) is 0 Å². The molecule has 6 nitrogen and oxygen atoms in total. The smallest absolute Gasteiger partial charge is 0.0735 e. The molecule has 0 aliphatic carbocycles. The highest BCUT2D eigenvalue weighted by atomic mass is 79.9. The van der Waals surface area contributed by atoms with Gasteiger partial charge < -0.3 is 28.4 Å². The van der Waals surface area contributed by atoms with Gasteiger partial charge in [0.2, 0.25) is 0 Å². The van der Waals surface area contributed by atoms with E-state index in [1.54, 1.807) is 21.6 Å². The summed E-state index contributed by atoms with van der Waals surface area (Å²) in [5.74, 6) is 0. The predicted octanol–water partition coefficient (Wildman–Crippen LogP) is 18.7. The molecule has 0 radical (unpaired) electrons. The molecule has 0 atom stereocenters. The van der Waals surface area contributed by atoms with E-state index in [-0.39, 0.29) is 49.9 Å². The second kappa shape index (κ2) is 24.3. The molecule has 3 rings (SSSR count). The maximum absolute atomic E-state index is 6.43. The minimum Gasteiger partial charge on any atom is -0.371 e. The van der Waals surface area contributed by atoms with Gasteiger partial charge in [0.25, 0.3) is 0 Å². The van der Waals surface area contributed by atoms with Crippen molar-refractivity contribution in [3.63, 3.8) is 0 Å². The molecule has 0 aliphatic heterocycles. The molecule has 0 bridgehead atoms. The van der Waals surface area contributed by atoms with E-state index in [0.29, 0.717) is 39.6 Å². The Kier molecular flexibility index (Phi) is 22.4. The molecule has 0 spiro atoms. The highest BCUT2D eigenvalue weighted by Crippen LogP contribution is 2.47. The van der Waals surface area contributed by atoms with Crippen molar-refractivity contribution < 1.29 is 28.4 Å². The van der Waals surface area contributed by atoms with Crippen LogP contribution in [0.15, 0.2) is 50.7 Å². The first-order valence-electron chi connectivity index (χ1n) is 25.1. The van der Waals surface area contributed by atoms with E-state index in [9.17, 15) is 0 Å². The minimum atomic E-state index is -0.257. The third kappa shape index (κ3) is 24.9. The first-order valence-corrected chi connectivity index (χ1v) is 28.0. The lowest BCUT2D eigenvalue weighted by molar-refractivity contribution is -0.0196. The summed E-state index contributed by atoms with van der Waals surface area (Å²) in [7, 11) is 3.60. The van der Waals surface area contributed by atoms with Gasteiger partial charge in [0.05, 0.1) is 73.2 Å². The van der Waals surface area contributed by atoms with Crippen molar-refractivity contribution in [3.05, 3.63) is 90.9 Å². The number of rotatable bonds is 15.